The summed E-state index contributed by atoms with van der Waals surface area (Å²) in [4.78, 5) is 40.9. The van der Waals surface area contributed by atoms with Crippen LogP contribution in [0, 0.1) is 20.2 Å². The standard InChI is InChI=1S/C17H12ClN7O5/c18-11-4-1-3-10(7-11)17(26)23-22-16-14(25(29)30)15(19-9-20-16)21-12-5-2-6-13(8-12)24(27)28/h1-9H,(H,23,26)(H2,19,20,21,22). The van der Waals surface area contributed by atoms with E-state index in [1.807, 2.05) is 0 Å². The molecule has 152 valence electrons. The molecule has 0 unspecified atom stereocenters. The third kappa shape index (κ3) is 4.74. The van der Waals surface area contributed by atoms with Crippen molar-refractivity contribution in [2.75, 3.05) is 10.7 Å². The zero-order valence-electron chi connectivity index (χ0n) is 14.9. The number of carbonyl (C=O) groups excluding carboxylic acids is 1. The Morgan fingerprint density at radius 1 is 0.967 bits per heavy atom. The van der Waals surface area contributed by atoms with Gasteiger partial charge >= 0.3 is 5.69 Å². The molecule has 30 heavy (non-hydrogen) atoms. The van der Waals surface area contributed by atoms with E-state index in [-0.39, 0.29) is 28.6 Å². The number of halogens is 1. The molecule has 3 aromatic rings. The lowest BCUT2D eigenvalue weighted by atomic mass is 10.2. The number of carbonyl (C=O) groups is 1. The van der Waals surface area contributed by atoms with Crippen molar-refractivity contribution in [3.05, 3.63) is 85.7 Å². The van der Waals surface area contributed by atoms with Gasteiger partial charge in [0.2, 0.25) is 11.6 Å². The Hall–Kier alpha value is -4.32. The first-order valence-corrected chi connectivity index (χ1v) is 8.55. The number of benzene rings is 2. The molecular formula is C17H12ClN7O5. The van der Waals surface area contributed by atoms with E-state index >= 15 is 0 Å². The van der Waals surface area contributed by atoms with Crippen molar-refractivity contribution in [1.82, 2.24) is 15.4 Å². The molecule has 3 rings (SSSR count). The topological polar surface area (TPSA) is 165 Å². The van der Waals surface area contributed by atoms with Crippen LogP contribution in [0.3, 0.4) is 0 Å². The predicted molar refractivity (Wildman–Crippen MR) is 108 cm³/mol. The molecule has 2 aromatic carbocycles. The summed E-state index contributed by atoms with van der Waals surface area (Å²) in [6, 6.07) is 11.5. The number of nitrogens with one attached hydrogen (secondary N) is 3. The van der Waals surface area contributed by atoms with Crippen molar-refractivity contribution < 1.29 is 14.6 Å². The van der Waals surface area contributed by atoms with E-state index in [4.69, 9.17) is 11.6 Å². The van der Waals surface area contributed by atoms with E-state index in [2.05, 4.69) is 26.1 Å². The zero-order valence-corrected chi connectivity index (χ0v) is 15.7. The Kier molecular flexibility index (Phi) is 5.98. The monoisotopic (exact) mass is 429 g/mol. The van der Waals surface area contributed by atoms with Gasteiger partial charge in [0, 0.05) is 28.4 Å². The lowest BCUT2D eigenvalue weighted by Gasteiger charge is -2.11. The second-order valence-corrected chi connectivity index (χ2v) is 6.13. The van der Waals surface area contributed by atoms with Crippen LogP contribution in [-0.4, -0.2) is 25.7 Å². The lowest BCUT2D eigenvalue weighted by Crippen LogP contribution is -2.30. The fraction of sp³-hybridized carbons (Fsp3) is 0. The minimum atomic E-state index is -0.756. The summed E-state index contributed by atoms with van der Waals surface area (Å²) in [6.07, 6.45) is 1.03. The summed E-state index contributed by atoms with van der Waals surface area (Å²) >= 11 is 5.84. The molecule has 1 heterocycles. The van der Waals surface area contributed by atoms with E-state index in [1.54, 1.807) is 12.1 Å². The summed E-state index contributed by atoms with van der Waals surface area (Å²) in [5.41, 5.74) is 4.33. The highest BCUT2D eigenvalue weighted by molar-refractivity contribution is 6.30. The molecule has 3 N–H and O–H groups in total. The third-order valence-corrected chi connectivity index (χ3v) is 3.94. The molecule has 0 aliphatic carbocycles. The molecule has 0 bridgehead atoms. The van der Waals surface area contributed by atoms with Crippen molar-refractivity contribution in [2.45, 2.75) is 0 Å². The number of hydrogen-bond donors (Lipinski definition) is 3. The molecule has 0 radical (unpaired) electrons. The van der Waals surface area contributed by atoms with Gasteiger partial charge < -0.3 is 5.32 Å². The summed E-state index contributed by atoms with van der Waals surface area (Å²) in [5, 5.41) is 25.5. The molecule has 1 amide bonds. The number of nitro groups is 2. The van der Waals surface area contributed by atoms with Gasteiger partial charge in [0.25, 0.3) is 11.6 Å². The summed E-state index contributed by atoms with van der Waals surface area (Å²) < 4.78 is 0. The molecule has 0 atom stereocenters. The highest BCUT2D eigenvalue weighted by Gasteiger charge is 2.24. The number of hydrazine groups is 1. The van der Waals surface area contributed by atoms with Crippen LogP contribution in [0.1, 0.15) is 10.4 Å². The maximum Gasteiger partial charge on any atom is 0.355 e. The van der Waals surface area contributed by atoms with Gasteiger partial charge in [-0.3, -0.25) is 35.9 Å². The van der Waals surface area contributed by atoms with Crippen molar-refractivity contribution in [3.8, 4) is 0 Å². The van der Waals surface area contributed by atoms with Crippen LogP contribution in [0.25, 0.3) is 0 Å². The Morgan fingerprint density at radius 3 is 2.40 bits per heavy atom. The van der Waals surface area contributed by atoms with Gasteiger partial charge in [-0.2, -0.15) is 0 Å². The molecule has 0 fully saturated rings. The number of nitrogens with zero attached hydrogens (tertiary/aromatic N) is 4. The van der Waals surface area contributed by atoms with E-state index in [9.17, 15) is 25.0 Å². The summed E-state index contributed by atoms with van der Waals surface area (Å²) in [7, 11) is 0. The SMILES string of the molecule is O=C(NNc1ncnc(Nc2cccc([N+](=O)[O-])c2)c1[N+](=O)[O-])c1cccc(Cl)c1. The van der Waals surface area contributed by atoms with Gasteiger partial charge in [0.05, 0.1) is 9.85 Å². The van der Waals surface area contributed by atoms with Crippen molar-refractivity contribution >= 4 is 46.2 Å². The molecule has 0 aliphatic rings. The van der Waals surface area contributed by atoms with Gasteiger partial charge in [-0.05, 0) is 24.3 Å². The number of hydrogen-bond acceptors (Lipinski definition) is 9. The van der Waals surface area contributed by atoms with E-state index < -0.39 is 21.4 Å². The van der Waals surface area contributed by atoms with Gasteiger partial charge in [0.15, 0.2) is 0 Å². The first-order chi connectivity index (χ1) is 14.3. The van der Waals surface area contributed by atoms with Gasteiger partial charge in [0.1, 0.15) is 6.33 Å². The number of non-ortho nitro benzene ring substituents is 1. The highest BCUT2D eigenvalue weighted by atomic mass is 35.5. The Balaban J connectivity index is 1.84. The summed E-state index contributed by atoms with van der Waals surface area (Å²) in [5.74, 6) is -1.12. The largest absolute Gasteiger partial charge is 0.355 e. The third-order valence-electron chi connectivity index (χ3n) is 3.71. The maximum absolute atomic E-state index is 12.2. The minimum absolute atomic E-state index is 0.205. The first-order valence-electron chi connectivity index (χ1n) is 8.18. The van der Waals surface area contributed by atoms with Gasteiger partial charge in [-0.25, -0.2) is 9.97 Å². The predicted octanol–water partition coefficient (Wildman–Crippen LogP) is 3.45. The van der Waals surface area contributed by atoms with Crippen molar-refractivity contribution in [1.29, 1.82) is 0 Å². The zero-order chi connectivity index (χ0) is 21.7. The Morgan fingerprint density at radius 2 is 1.70 bits per heavy atom. The summed E-state index contributed by atoms with van der Waals surface area (Å²) in [6.45, 7) is 0. The molecule has 0 saturated heterocycles. The maximum atomic E-state index is 12.2. The first kappa shape index (κ1) is 20.4. The van der Waals surface area contributed by atoms with Crippen LogP contribution in [0.2, 0.25) is 5.02 Å². The molecule has 0 aliphatic heterocycles. The quantitative estimate of drug-likeness (QED) is 0.376. The van der Waals surface area contributed by atoms with Crippen LogP contribution >= 0.6 is 11.6 Å². The highest BCUT2D eigenvalue weighted by Crippen LogP contribution is 2.31. The molecule has 0 saturated carbocycles. The number of nitro benzene ring substituents is 1. The second-order valence-electron chi connectivity index (χ2n) is 5.70. The molecule has 13 heteroatoms. The fourth-order valence-electron chi connectivity index (χ4n) is 2.39. The smallest absolute Gasteiger partial charge is 0.334 e. The van der Waals surface area contributed by atoms with E-state index in [0.29, 0.717) is 5.02 Å². The Bertz CT molecular complexity index is 1140. The number of amides is 1. The van der Waals surface area contributed by atoms with E-state index in [0.717, 1.165) is 6.33 Å². The fourth-order valence-corrected chi connectivity index (χ4v) is 2.58. The van der Waals surface area contributed by atoms with Gasteiger partial charge in [-0.1, -0.05) is 23.7 Å². The normalized spacial score (nSPS) is 10.2. The van der Waals surface area contributed by atoms with Crippen LogP contribution in [0.5, 0.6) is 0 Å². The average molecular weight is 430 g/mol. The number of rotatable bonds is 7. The number of aromatic nitrogens is 2. The van der Waals surface area contributed by atoms with Crippen molar-refractivity contribution in [2.24, 2.45) is 0 Å². The van der Waals surface area contributed by atoms with Crippen LogP contribution in [-0.2, 0) is 0 Å². The number of anilines is 3. The van der Waals surface area contributed by atoms with Crippen LogP contribution in [0.15, 0.2) is 54.9 Å². The second kappa shape index (κ2) is 8.79. The molecule has 12 nitrogen and oxygen atoms in total. The molecular weight excluding hydrogens is 418 g/mol. The van der Waals surface area contributed by atoms with Gasteiger partial charge in [-0.15, -0.1) is 0 Å². The molecule has 0 spiro atoms. The van der Waals surface area contributed by atoms with Crippen LogP contribution in [0.4, 0.5) is 28.7 Å². The van der Waals surface area contributed by atoms with E-state index in [1.165, 1.54) is 36.4 Å². The Labute approximate surface area is 173 Å². The molecule has 1 aromatic heterocycles. The average Bonchev–Trinajstić information content (AvgIpc) is 2.72. The minimum Gasteiger partial charge on any atom is -0.334 e. The van der Waals surface area contributed by atoms with Crippen molar-refractivity contribution in [3.63, 3.8) is 0 Å². The van der Waals surface area contributed by atoms with Crippen LogP contribution < -0.4 is 16.2 Å². The lowest BCUT2D eigenvalue weighted by molar-refractivity contribution is -0.384.